The lowest BCUT2D eigenvalue weighted by Crippen LogP contribution is -2.38. The van der Waals surface area contributed by atoms with E-state index in [1.54, 1.807) is 23.1 Å². The zero-order valence-corrected chi connectivity index (χ0v) is 15.1. The number of hydrogen-bond donors (Lipinski definition) is 1. The fourth-order valence-corrected chi connectivity index (χ4v) is 4.01. The Morgan fingerprint density at radius 3 is 2.64 bits per heavy atom. The second-order valence-electron chi connectivity index (χ2n) is 6.18. The highest BCUT2D eigenvalue weighted by Crippen LogP contribution is 2.30. The highest BCUT2D eigenvalue weighted by Gasteiger charge is 2.28. The third-order valence-corrected chi connectivity index (χ3v) is 5.28. The summed E-state index contributed by atoms with van der Waals surface area (Å²) in [7, 11) is 0. The van der Waals surface area contributed by atoms with Crippen molar-refractivity contribution >= 4 is 40.8 Å². The minimum Gasteiger partial charge on any atom is -0.326 e. The summed E-state index contributed by atoms with van der Waals surface area (Å²) >= 11 is 12.4. The summed E-state index contributed by atoms with van der Waals surface area (Å²) in [5.41, 5.74) is 4.04. The molecular formula is C19H17Cl2N3O. The van der Waals surface area contributed by atoms with Crippen molar-refractivity contribution in [1.82, 2.24) is 4.90 Å². The molecule has 4 rings (SSSR count). The van der Waals surface area contributed by atoms with Gasteiger partial charge in [0, 0.05) is 12.2 Å². The van der Waals surface area contributed by atoms with E-state index in [2.05, 4.69) is 16.4 Å². The first-order valence-corrected chi connectivity index (χ1v) is 9.09. The van der Waals surface area contributed by atoms with Crippen LogP contribution in [0.2, 0.25) is 10.0 Å². The van der Waals surface area contributed by atoms with Gasteiger partial charge in [0.25, 0.3) is 5.91 Å². The predicted octanol–water partition coefficient (Wildman–Crippen LogP) is 4.41. The van der Waals surface area contributed by atoms with Crippen LogP contribution >= 0.6 is 23.2 Å². The molecule has 4 nitrogen and oxygen atoms in total. The average Bonchev–Trinajstić information content (AvgIpc) is 3.24. The van der Waals surface area contributed by atoms with E-state index in [0.717, 1.165) is 18.5 Å². The van der Waals surface area contributed by atoms with Crippen molar-refractivity contribution in [2.24, 2.45) is 4.99 Å². The Labute approximate surface area is 156 Å². The maximum Gasteiger partial charge on any atom is 0.263 e. The third-order valence-electron chi connectivity index (χ3n) is 4.66. The van der Waals surface area contributed by atoms with Crippen molar-refractivity contribution < 1.29 is 4.79 Å². The predicted molar refractivity (Wildman–Crippen MR) is 102 cm³/mol. The van der Waals surface area contributed by atoms with Gasteiger partial charge in [-0.2, -0.15) is 0 Å². The molecule has 0 unspecified atom stereocenters. The summed E-state index contributed by atoms with van der Waals surface area (Å²) in [6.07, 6.45) is 3.32. The average molecular weight is 374 g/mol. The molecule has 1 heterocycles. The lowest BCUT2D eigenvalue weighted by Gasteiger charge is -2.21. The second kappa shape index (κ2) is 6.70. The van der Waals surface area contributed by atoms with Crippen molar-refractivity contribution in [3.8, 4) is 0 Å². The first-order chi connectivity index (χ1) is 12.1. The quantitative estimate of drug-likeness (QED) is 0.847. The highest BCUT2D eigenvalue weighted by molar-refractivity contribution is 6.40. The number of nitrogens with one attached hydrogen (secondary N) is 1. The van der Waals surface area contributed by atoms with Gasteiger partial charge in [-0.15, -0.1) is 0 Å². The molecule has 2 aliphatic rings. The molecule has 0 atom stereocenters. The van der Waals surface area contributed by atoms with E-state index < -0.39 is 0 Å². The smallest absolute Gasteiger partial charge is 0.263 e. The lowest BCUT2D eigenvalue weighted by atomic mass is 10.1. The highest BCUT2D eigenvalue weighted by atomic mass is 35.5. The normalized spacial score (nSPS) is 15.9. The minimum absolute atomic E-state index is 0.230. The number of aryl methyl sites for hydroxylation is 1. The van der Waals surface area contributed by atoms with E-state index in [9.17, 15) is 4.79 Å². The summed E-state index contributed by atoms with van der Waals surface area (Å²) in [4.78, 5) is 19.0. The summed E-state index contributed by atoms with van der Waals surface area (Å²) in [5.74, 6) is 0.327. The Kier molecular flexibility index (Phi) is 4.40. The van der Waals surface area contributed by atoms with Crippen molar-refractivity contribution in [3.05, 3.63) is 63.1 Å². The molecule has 1 amide bonds. The van der Waals surface area contributed by atoms with E-state index in [0.29, 0.717) is 34.7 Å². The van der Waals surface area contributed by atoms with Crippen molar-refractivity contribution in [1.29, 1.82) is 0 Å². The maximum absolute atomic E-state index is 13.0. The van der Waals surface area contributed by atoms with Crippen LogP contribution in [0.25, 0.3) is 0 Å². The molecule has 1 aliphatic carbocycles. The number of amides is 1. The number of aliphatic imine (C=N–C) groups is 1. The van der Waals surface area contributed by atoms with Crippen molar-refractivity contribution in [2.45, 2.75) is 19.3 Å². The standard InChI is InChI=1S/C19H17Cl2N3O/c20-14-7-3-8-15(21)17(14)18(25)24-11-10-22-19(24)23-16-9-2-5-12-4-1-6-13(12)16/h2-3,5,7-9H,1,4,6,10-11H2,(H,22,23). The first-order valence-electron chi connectivity index (χ1n) is 8.33. The first kappa shape index (κ1) is 16.4. The fourth-order valence-electron chi connectivity index (χ4n) is 3.45. The number of guanidine groups is 1. The Morgan fingerprint density at radius 1 is 1.08 bits per heavy atom. The zero-order chi connectivity index (χ0) is 17.4. The van der Waals surface area contributed by atoms with E-state index in [1.165, 1.54) is 17.5 Å². The number of halogens is 2. The molecule has 25 heavy (non-hydrogen) atoms. The van der Waals surface area contributed by atoms with Crippen LogP contribution in [0.5, 0.6) is 0 Å². The molecule has 0 saturated heterocycles. The largest absolute Gasteiger partial charge is 0.326 e. The molecule has 0 saturated carbocycles. The Hall–Kier alpha value is -2.04. The SMILES string of the molecule is O=C(c1c(Cl)cccc1Cl)N1CCN=C1Nc1cccc2c1CCC2. The van der Waals surface area contributed by atoms with Crippen molar-refractivity contribution in [3.63, 3.8) is 0 Å². The van der Waals surface area contributed by atoms with Gasteiger partial charge in [-0.05, 0) is 48.6 Å². The van der Waals surface area contributed by atoms with Crippen LogP contribution in [0, 0.1) is 0 Å². The molecule has 0 aromatic heterocycles. The number of nitrogens with zero attached hydrogens (tertiary/aromatic N) is 2. The molecule has 0 radical (unpaired) electrons. The van der Waals surface area contributed by atoms with E-state index in [4.69, 9.17) is 23.2 Å². The molecule has 0 fully saturated rings. The van der Waals surface area contributed by atoms with Gasteiger partial charge >= 0.3 is 0 Å². The number of anilines is 1. The van der Waals surface area contributed by atoms with E-state index >= 15 is 0 Å². The van der Waals surface area contributed by atoms with Gasteiger partial charge in [0.15, 0.2) is 0 Å². The molecule has 2 aromatic carbocycles. The summed E-state index contributed by atoms with van der Waals surface area (Å²) in [6, 6.07) is 11.3. The zero-order valence-electron chi connectivity index (χ0n) is 13.6. The number of fused-ring (bicyclic) bond motifs is 1. The lowest BCUT2D eigenvalue weighted by molar-refractivity contribution is 0.0858. The summed E-state index contributed by atoms with van der Waals surface area (Å²) in [5, 5.41) is 4.05. The molecular weight excluding hydrogens is 357 g/mol. The number of carbonyl (C=O) groups excluding carboxylic acids is 1. The second-order valence-corrected chi connectivity index (χ2v) is 6.99. The van der Waals surface area contributed by atoms with Crippen LogP contribution < -0.4 is 5.32 Å². The molecule has 1 N–H and O–H groups in total. The molecule has 0 spiro atoms. The van der Waals surface area contributed by atoms with Crippen LogP contribution in [0.4, 0.5) is 5.69 Å². The van der Waals surface area contributed by atoms with Crippen LogP contribution in [-0.4, -0.2) is 29.9 Å². The van der Waals surface area contributed by atoms with Crippen LogP contribution in [0.1, 0.15) is 27.9 Å². The van der Waals surface area contributed by atoms with Gasteiger partial charge in [0.1, 0.15) is 0 Å². The number of carbonyl (C=O) groups is 1. The molecule has 6 heteroatoms. The monoisotopic (exact) mass is 373 g/mol. The van der Waals surface area contributed by atoms with Gasteiger partial charge in [0.2, 0.25) is 5.96 Å². The maximum atomic E-state index is 13.0. The van der Waals surface area contributed by atoms with Crippen LogP contribution in [0.3, 0.4) is 0 Å². The Balaban J connectivity index is 1.61. The van der Waals surface area contributed by atoms with Gasteiger partial charge in [-0.3, -0.25) is 14.7 Å². The van der Waals surface area contributed by atoms with Gasteiger partial charge in [-0.1, -0.05) is 41.4 Å². The molecule has 2 aromatic rings. The third kappa shape index (κ3) is 3.00. The van der Waals surface area contributed by atoms with E-state index in [-0.39, 0.29) is 5.91 Å². The summed E-state index contributed by atoms with van der Waals surface area (Å²) < 4.78 is 0. The van der Waals surface area contributed by atoms with Crippen LogP contribution in [0.15, 0.2) is 41.4 Å². The number of rotatable bonds is 2. The number of hydrogen-bond acceptors (Lipinski definition) is 3. The Morgan fingerprint density at radius 2 is 1.84 bits per heavy atom. The summed E-state index contributed by atoms with van der Waals surface area (Å²) in [6.45, 7) is 1.07. The molecule has 1 aliphatic heterocycles. The van der Waals surface area contributed by atoms with Crippen molar-refractivity contribution in [2.75, 3.05) is 18.4 Å². The molecule has 0 bridgehead atoms. The minimum atomic E-state index is -0.230. The van der Waals surface area contributed by atoms with E-state index in [1.807, 2.05) is 12.1 Å². The van der Waals surface area contributed by atoms with Crippen LogP contribution in [-0.2, 0) is 12.8 Å². The molecule has 128 valence electrons. The van der Waals surface area contributed by atoms with Gasteiger partial charge in [-0.25, -0.2) is 0 Å². The Bertz CT molecular complexity index is 859. The topological polar surface area (TPSA) is 44.7 Å². The fraction of sp³-hybridized carbons (Fsp3) is 0.263. The number of benzene rings is 2. The van der Waals surface area contributed by atoms with Gasteiger partial charge < -0.3 is 5.32 Å². The van der Waals surface area contributed by atoms with Gasteiger partial charge in [0.05, 0.1) is 22.2 Å².